The number of hydrogen-bond donors (Lipinski definition) is 1. The van der Waals surface area contributed by atoms with Crippen molar-refractivity contribution < 1.29 is 5.11 Å². The molecular formula is C12H19NO. The fourth-order valence-corrected chi connectivity index (χ4v) is 1.62. The van der Waals surface area contributed by atoms with Gasteiger partial charge in [-0.2, -0.15) is 0 Å². The Kier molecular flexibility index (Phi) is 3.67. The molecule has 0 bridgehead atoms. The van der Waals surface area contributed by atoms with E-state index in [1.165, 1.54) is 16.7 Å². The first-order chi connectivity index (χ1) is 6.54. The number of aliphatic hydroxyl groups excluding tert-OH is 1. The maximum atomic E-state index is 9.11. The number of benzene rings is 1. The van der Waals surface area contributed by atoms with E-state index < -0.39 is 0 Å². The van der Waals surface area contributed by atoms with Crippen molar-refractivity contribution in [1.82, 2.24) is 4.90 Å². The van der Waals surface area contributed by atoms with Crippen LogP contribution in [-0.4, -0.2) is 24.1 Å². The van der Waals surface area contributed by atoms with Gasteiger partial charge in [0.1, 0.15) is 0 Å². The van der Waals surface area contributed by atoms with Gasteiger partial charge in [-0.15, -0.1) is 0 Å². The lowest BCUT2D eigenvalue weighted by atomic mass is 10.00. The van der Waals surface area contributed by atoms with Crippen LogP contribution in [0, 0.1) is 13.8 Å². The molecule has 2 nitrogen and oxygen atoms in total. The number of rotatable bonds is 3. The van der Waals surface area contributed by atoms with E-state index >= 15 is 0 Å². The molecule has 1 N–H and O–H groups in total. The highest BCUT2D eigenvalue weighted by Crippen LogP contribution is 2.17. The van der Waals surface area contributed by atoms with Crippen LogP contribution in [0.15, 0.2) is 12.1 Å². The van der Waals surface area contributed by atoms with E-state index in [9.17, 15) is 0 Å². The van der Waals surface area contributed by atoms with E-state index in [2.05, 4.69) is 38.1 Å². The average Bonchev–Trinajstić information content (AvgIpc) is 2.10. The minimum absolute atomic E-state index is 0.134. The summed E-state index contributed by atoms with van der Waals surface area (Å²) in [5.41, 5.74) is 4.80. The average molecular weight is 193 g/mol. The Bertz CT molecular complexity index is 318. The zero-order chi connectivity index (χ0) is 10.7. The second-order valence-electron chi connectivity index (χ2n) is 4.10. The molecule has 0 fully saturated rings. The molecule has 0 saturated heterocycles. The molecular weight excluding hydrogens is 174 g/mol. The predicted octanol–water partition coefficient (Wildman–Crippen LogP) is 1.86. The quantitative estimate of drug-likeness (QED) is 0.792. The Morgan fingerprint density at radius 2 is 1.57 bits per heavy atom. The predicted molar refractivity (Wildman–Crippen MR) is 59.2 cm³/mol. The van der Waals surface area contributed by atoms with Crippen molar-refractivity contribution in [2.75, 3.05) is 14.1 Å². The fraction of sp³-hybridized carbons (Fsp3) is 0.500. The molecule has 1 aromatic carbocycles. The van der Waals surface area contributed by atoms with E-state index in [1.807, 2.05) is 6.92 Å². The van der Waals surface area contributed by atoms with Gasteiger partial charge in [-0.05, 0) is 50.2 Å². The van der Waals surface area contributed by atoms with E-state index in [4.69, 9.17) is 5.11 Å². The highest BCUT2D eigenvalue weighted by atomic mass is 16.3. The zero-order valence-electron chi connectivity index (χ0n) is 9.46. The van der Waals surface area contributed by atoms with E-state index in [1.54, 1.807) is 0 Å². The molecule has 1 aromatic rings. The Hall–Kier alpha value is -0.860. The standard InChI is InChI=1S/C12H19NO/c1-9-6-12(8-14)10(2)5-11(9)7-13(3)4/h5-6,14H,7-8H2,1-4H3. The largest absolute Gasteiger partial charge is 0.392 e. The van der Waals surface area contributed by atoms with Crippen molar-refractivity contribution in [2.24, 2.45) is 0 Å². The van der Waals surface area contributed by atoms with Crippen LogP contribution in [-0.2, 0) is 13.2 Å². The molecule has 0 atom stereocenters. The first-order valence-corrected chi connectivity index (χ1v) is 4.89. The maximum absolute atomic E-state index is 9.11. The SMILES string of the molecule is Cc1cc(CN(C)C)c(C)cc1CO. The summed E-state index contributed by atoms with van der Waals surface area (Å²) in [5.74, 6) is 0. The fourth-order valence-electron chi connectivity index (χ4n) is 1.62. The summed E-state index contributed by atoms with van der Waals surface area (Å²) in [6.07, 6.45) is 0. The van der Waals surface area contributed by atoms with Gasteiger partial charge in [0.2, 0.25) is 0 Å². The minimum Gasteiger partial charge on any atom is -0.392 e. The van der Waals surface area contributed by atoms with Crippen LogP contribution in [0.3, 0.4) is 0 Å². The second kappa shape index (κ2) is 4.58. The molecule has 0 aliphatic heterocycles. The minimum atomic E-state index is 0.134. The summed E-state index contributed by atoms with van der Waals surface area (Å²) in [7, 11) is 4.13. The molecule has 0 spiro atoms. The molecule has 0 unspecified atom stereocenters. The van der Waals surface area contributed by atoms with Crippen molar-refractivity contribution in [3.05, 3.63) is 34.4 Å². The van der Waals surface area contributed by atoms with Crippen LogP contribution >= 0.6 is 0 Å². The van der Waals surface area contributed by atoms with Crippen molar-refractivity contribution in [1.29, 1.82) is 0 Å². The summed E-state index contributed by atoms with van der Waals surface area (Å²) < 4.78 is 0. The molecule has 0 saturated carbocycles. The highest BCUT2D eigenvalue weighted by Gasteiger charge is 2.04. The normalized spacial score (nSPS) is 11.0. The van der Waals surface area contributed by atoms with Gasteiger partial charge in [-0.25, -0.2) is 0 Å². The van der Waals surface area contributed by atoms with Crippen LogP contribution in [0.25, 0.3) is 0 Å². The first kappa shape index (κ1) is 11.2. The number of aryl methyl sites for hydroxylation is 2. The second-order valence-corrected chi connectivity index (χ2v) is 4.10. The van der Waals surface area contributed by atoms with Crippen molar-refractivity contribution in [2.45, 2.75) is 27.0 Å². The first-order valence-electron chi connectivity index (χ1n) is 4.89. The van der Waals surface area contributed by atoms with Gasteiger partial charge >= 0.3 is 0 Å². The van der Waals surface area contributed by atoms with Crippen LogP contribution in [0.4, 0.5) is 0 Å². The summed E-state index contributed by atoms with van der Waals surface area (Å²) in [6, 6.07) is 4.25. The van der Waals surface area contributed by atoms with Crippen LogP contribution in [0.2, 0.25) is 0 Å². The lowest BCUT2D eigenvalue weighted by Gasteiger charge is -2.14. The van der Waals surface area contributed by atoms with Crippen molar-refractivity contribution >= 4 is 0 Å². The molecule has 0 amide bonds. The lowest BCUT2D eigenvalue weighted by Crippen LogP contribution is -2.12. The number of nitrogens with zero attached hydrogens (tertiary/aromatic N) is 1. The topological polar surface area (TPSA) is 23.5 Å². The van der Waals surface area contributed by atoms with Gasteiger partial charge in [-0.1, -0.05) is 12.1 Å². The molecule has 14 heavy (non-hydrogen) atoms. The molecule has 1 rings (SSSR count). The van der Waals surface area contributed by atoms with Crippen molar-refractivity contribution in [3.63, 3.8) is 0 Å². The monoisotopic (exact) mass is 193 g/mol. The lowest BCUT2D eigenvalue weighted by molar-refractivity contribution is 0.281. The smallest absolute Gasteiger partial charge is 0.0684 e. The summed E-state index contributed by atoms with van der Waals surface area (Å²) >= 11 is 0. The van der Waals surface area contributed by atoms with E-state index in [0.29, 0.717) is 0 Å². The van der Waals surface area contributed by atoms with Gasteiger partial charge in [0.25, 0.3) is 0 Å². The Balaban J connectivity index is 3.02. The number of aliphatic hydroxyl groups is 1. The third kappa shape index (κ3) is 2.56. The molecule has 0 aliphatic carbocycles. The third-order valence-electron chi connectivity index (χ3n) is 2.45. The molecule has 0 aliphatic rings. The van der Waals surface area contributed by atoms with Gasteiger partial charge in [-0.3, -0.25) is 0 Å². The van der Waals surface area contributed by atoms with Gasteiger partial charge < -0.3 is 10.0 Å². The van der Waals surface area contributed by atoms with Crippen LogP contribution in [0.5, 0.6) is 0 Å². The molecule has 78 valence electrons. The van der Waals surface area contributed by atoms with Gasteiger partial charge in [0.15, 0.2) is 0 Å². The van der Waals surface area contributed by atoms with E-state index in [-0.39, 0.29) is 6.61 Å². The number of hydrogen-bond acceptors (Lipinski definition) is 2. The Morgan fingerprint density at radius 1 is 1.07 bits per heavy atom. The Labute approximate surface area is 86.2 Å². The molecule has 0 heterocycles. The highest BCUT2D eigenvalue weighted by molar-refractivity contribution is 5.36. The molecule has 0 aromatic heterocycles. The molecule has 2 heteroatoms. The summed E-state index contributed by atoms with van der Waals surface area (Å²) in [6.45, 7) is 5.23. The third-order valence-corrected chi connectivity index (χ3v) is 2.45. The zero-order valence-corrected chi connectivity index (χ0v) is 9.46. The summed E-state index contributed by atoms with van der Waals surface area (Å²) in [5, 5.41) is 9.11. The summed E-state index contributed by atoms with van der Waals surface area (Å²) in [4.78, 5) is 2.15. The maximum Gasteiger partial charge on any atom is 0.0684 e. The Morgan fingerprint density at radius 3 is 2.07 bits per heavy atom. The van der Waals surface area contributed by atoms with Crippen LogP contribution in [0.1, 0.15) is 22.3 Å². The van der Waals surface area contributed by atoms with Crippen molar-refractivity contribution in [3.8, 4) is 0 Å². The van der Waals surface area contributed by atoms with Gasteiger partial charge in [0.05, 0.1) is 6.61 Å². The van der Waals surface area contributed by atoms with E-state index in [0.717, 1.165) is 12.1 Å². The van der Waals surface area contributed by atoms with Gasteiger partial charge in [0, 0.05) is 6.54 Å². The molecule has 0 radical (unpaired) electrons. The van der Waals surface area contributed by atoms with Crippen LogP contribution < -0.4 is 0 Å².